The van der Waals surface area contributed by atoms with Crippen LogP contribution in [0, 0.1) is 17.7 Å². The quantitative estimate of drug-likeness (QED) is 0.849. The van der Waals surface area contributed by atoms with E-state index in [4.69, 9.17) is 15.2 Å². The lowest BCUT2D eigenvalue weighted by Gasteiger charge is -2.13. The van der Waals surface area contributed by atoms with Crippen molar-refractivity contribution in [2.24, 2.45) is 5.73 Å². The van der Waals surface area contributed by atoms with E-state index in [1.165, 1.54) is 12.1 Å². The fraction of sp³-hybridized carbons (Fsp3) is 0.467. The summed E-state index contributed by atoms with van der Waals surface area (Å²) in [4.78, 5) is 0. The van der Waals surface area contributed by atoms with Gasteiger partial charge < -0.3 is 15.2 Å². The smallest absolute Gasteiger partial charge is 0.128 e. The van der Waals surface area contributed by atoms with Crippen LogP contribution in [0.2, 0.25) is 0 Å². The highest BCUT2D eigenvalue weighted by Crippen LogP contribution is 2.21. The predicted octanol–water partition coefficient (Wildman–Crippen LogP) is 2.08. The van der Waals surface area contributed by atoms with E-state index in [0.717, 1.165) is 12.8 Å². The lowest BCUT2D eigenvalue weighted by molar-refractivity contribution is 0.0264. The number of rotatable bonds is 3. The Morgan fingerprint density at radius 2 is 2.26 bits per heavy atom. The second-order valence-corrected chi connectivity index (χ2v) is 4.64. The van der Waals surface area contributed by atoms with Crippen molar-refractivity contribution >= 4 is 0 Å². The Morgan fingerprint density at radius 1 is 1.42 bits per heavy atom. The van der Waals surface area contributed by atoms with Crippen molar-refractivity contribution in [3.8, 4) is 17.6 Å². The first-order chi connectivity index (χ1) is 9.17. The topological polar surface area (TPSA) is 44.5 Å². The molecule has 0 amide bonds. The summed E-state index contributed by atoms with van der Waals surface area (Å²) in [5.41, 5.74) is 5.86. The van der Waals surface area contributed by atoms with Crippen molar-refractivity contribution in [2.45, 2.75) is 32.0 Å². The Hall–Kier alpha value is -1.57. The third-order valence-corrected chi connectivity index (χ3v) is 2.96. The molecule has 2 rings (SSSR count). The van der Waals surface area contributed by atoms with Gasteiger partial charge in [-0.25, -0.2) is 4.39 Å². The van der Waals surface area contributed by atoms with Gasteiger partial charge in [0.25, 0.3) is 0 Å². The number of nitrogens with two attached hydrogens (primary N) is 1. The molecule has 0 radical (unpaired) electrons. The van der Waals surface area contributed by atoms with Gasteiger partial charge in [0.2, 0.25) is 0 Å². The Kier molecular flexibility index (Phi) is 4.78. The van der Waals surface area contributed by atoms with Crippen molar-refractivity contribution in [1.29, 1.82) is 0 Å². The van der Waals surface area contributed by atoms with E-state index in [1.54, 1.807) is 6.07 Å². The minimum absolute atomic E-state index is 0.0943. The summed E-state index contributed by atoms with van der Waals surface area (Å²) in [5.74, 6) is 5.60. The summed E-state index contributed by atoms with van der Waals surface area (Å²) < 4.78 is 24.6. The average Bonchev–Trinajstić information content (AvgIpc) is 2.79. The molecule has 2 unspecified atom stereocenters. The Morgan fingerprint density at radius 3 is 2.95 bits per heavy atom. The van der Waals surface area contributed by atoms with Crippen LogP contribution < -0.4 is 10.5 Å². The number of hydrogen-bond acceptors (Lipinski definition) is 3. The molecule has 19 heavy (non-hydrogen) atoms. The van der Waals surface area contributed by atoms with Gasteiger partial charge in [0, 0.05) is 11.6 Å². The summed E-state index contributed by atoms with van der Waals surface area (Å²) in [7, 11) is 0. The normalized spacial score (nSPS) is 21.8. The molecule has 3 nitrogen and oxygen atoms in total. The van der Waals surface area contributed by atoms with Gasteiger partial charge in [-0.05, 0) is 31.9 Å². The maximum absolute atomic E-state index is 13.4. The molecule has 1 aliphatic heterocycles. The van der Waals surface area contributed by atoms with Gasteiger partial charge in [0.1, 0.15) is 18.2 Å². The van der Waals surface area contributed by atoms with Gasteiger partial charge in [-0.2, -0.15) is 0 Å². The molecular formula is C15H18FNO2. The molecule has 2 atom stereocenters. The minimum Gasteiger partial charge on any atom is -0.491 e. The van der Waals surface area contributed by atoms with Gasteiger partial charge in [-0.3, -0.25) is 0 Å². The molecule has 102 valence electrons. The van der Waals surface area contributed by atoms with Crippen LogP contribution in [0.3, 0.4) is 0 Å². The molecule has 1 aromatic carbocycles. The fourth-order valence-electron chi connectivity index (χ4n) is 2.07. The first-order valence-electron chi connectivity index (χ1n) is 6.45. The maximum atomic E-state index is 13.4. The largest absolute Gasteiger partial charge is 0.491 e. The van der Waals surface area contributed by atoms with Gasteiger partial charge in [0.05, 0.1) is 18.8 Å². The zero-order valence-corrected chi connectivity index (χ0v) is 11.0. The second kappa shape index (κ2) is 6.55. The number of halogens is 1. The molecule has 0 aliphatic carbocycles. The first kappa shape index (κ1) is 13.9. The average molecular weight is 263 g/mol. The Bertz CT molecular complexity index is 493. The zero-order valence-electron chi connectivity index (χ0n) is 11.0. The van der Waals surface area contributed by atoms with Crippen LogP contribution in [-0.4, -0.2) is 25.4 Å². The summed E-state index contributed by atoms with van der Waals surface area (Å²) in [5, 5.41) is 0. The van der Waals surface area contributed by atoms with Crippen molar-refractivity contribution in [2.75, 3.05) is 13.2 Å². The molecular weight excluding hydrogens is 245 g/mol. The highest BCUT2D eigenvalue weighted by atomic mass is 19.1. The number of ether oxygens (including phenoxy) is 2. The van der Waals surface area contributed by atoms with Gasteiger partial charge in [-0.1, -0.05) is 11.8 Å². The molecule has 0 spiro atoms. The third kappa shape index (κ3) is 4.23. The van der Waals surface area contributed by atoms with E-state index >= 15 is 0 Å². The maximum Gasteiger partial charge on any atom is 0.128 e. The summed E-state index contributed by atoms with van der Waals surface area (Å²) >= 11 is 0. The SMILES string of the molecule is CC1CCC(COc2cc(F)cc(C#CCN)c2)O1. The number of benzene rings is 1. The molecule has 0 bridgehead atoms. The van der Waals surface area contributed by atoms with Crippen molar-refractivity contribution in [3.63, 3.8) is 0 Å². The van der Waals surface area contributed by atoms with Crippen LogP contribution in [0.1, 0.15) is 25.3 Å². The molecule has 1 aromatic rings. The monoisotopic (exact) mass is 263 g/mol. The highest BCUT2D eigenvalue weighted by Gasteiger charge is 2.22. The minimum atomic E-state index is -0.362. The van der Waals surface area contributed by atoms with E-state index < -0.39 is 0 Å². The standard InChI is InChI=1S/C15H18FNO2/c1-11-4-5-14(19-11)10-18-15-8-12(3-2-6-17)7-13(16)9-15/h7-9,11,14H,4-6,10,17H2,1H3. The summed E-state index contributed by atoms with van der Waals surface area (Å²) in [6.07, 6.45) is 2.41. The second-order valence-electron chi connectivity index (χ2n) is 4.64. The molecule has 2 N–H and O–H groups in total. The van der Waals surface area contributed by atoms with E-state index in [1.807, 2.05) is 6.92 Å². The lowest BCUT2D eigenvalue weighted by Crippen LogP contribution is -2.17. The van der Waals surface area contributed by atoms with E-state index in [0.29, 0.717) is 17.9 Å². The third-order valence-electron chi connectivity index (χ3n) is 2.96. The van der Waals surface area contributed by atoms with Gasteiger partial charge in [0.15, 0.2) is 0 Å². The summed E-state index contributed by atoms with van der Waals surface area (Å²) in [6, 6.07) is 4.43. The van der Waals surface area contributed by atoms with Crippen LogP contribution in [0.5, 0.6) is 5.75 Å². The fourth-order valence-corrected chi connectivity index (χ4v) is 2.07. The predicted molar refractivity (Wildman–Crippen MR) is 71.4 cm³/mol. The van der Waals surface area contributed by atoms with E-state index in [2.05, 4.69) is 11.8 Å². The van der Waals surface area contributed by atoms with Crippen LogP contribution in [0.15, 0.2) is 18.2 Å². The molecule has 1 heterocycles. The Balaban J connectivity index is 1.97. The Labute approximate surface area is 112 Å². The van der Waals surface area contributed by atoms with E-state index in [9.17, 15) is 4.39 Å². The van der Waals surface area contributed by atoms with E-state index in [-0.39, 0.29) is 24.6 Å². The van der Waals surface area contributed by atoms with Crippen molar-refractivity contribution in [3.05, 3.63) is 29.6 Å². The molecule has 0 saturated carbocycles. The molecule has 0 aromatic heterocycles. The lowest BCUT2D eigenvalue weighted by atomic mass is 10.2. The molecule has 1 saturated heterocycles. The van der Waals surface area contributed by atoms with Crippen molar-refractivity contribution in [1.82, 2.24) is 0 Å². The van der Waals surface area contributed by atoms with Crippen LogP contribution >= 0.6 is 0 Å². The molecule has 4 heteroatoms. The molecule has 1 fully saturated rings. The highest BCUT2D eigenvalue weighted by molar-refractivity contribution is 5.40. The zero-order chi connectivity index (χ0) is 13.7. The van der Waals surface area contributed by atoms with Crippen LogP contribution in [0.25, 0.3) is 0 Å². The van der Waals surface area contributed by atoms with Gasteiger partial charge in [-0.15, -0.1) is 0 Å². The van der Waals surface area contributed by atoms with Crippen LogP contribution in [0.4, 0.5) is 4.39 Å². The van der Waals surface area contributed by atoms with Gasteiger partial charge >= 0.3 is 0 Å². The van der Waals surface area contributed by atoms with Crippen molar-refractivity contribution < 1.29 is 13.9 Å². The first-order valence-corrected chi connectivity index (χ1v) is 6.45. The van der Waals surface area contributed by atoms with Crippen LogP contribution in [-0.2, 0) is 4.74 Å². The summed E-state index contributed by atoms with van der Waals surface area (Å²) in [6.45, 7) is 2.74. The molecule has 1 aliphatic rings. The number of hydrogen-bond donors (Lipinski definition) is 1.